The number of halogens is 1. The van der Waals surface area contributed by atoms with E-state index in [9.17, 15) is 9.59 Å². The Balaban J connectivity index is 2.51. The molecule has 1 aromatic rings. The zero-order valence-electron chi connectivity index (χ0n) is 13.0. The van der Waals surface area contributed by atoms with E-state index < -0.39 is 0 Å². The summed E-state index contributed by atoms with van der Waals surface area (Å²) in [5.74, 6) is -0.145. The van der Waals surface area contributed by atoms with Gasteiger partial charge >= 0.3 is 5.97 Å². The van der Waals surface area contributed by atoms with Crippen LogP contribution in [0.5, 0.6) is 5.75 Å². The smallest absolute Gasteiger partial charge is 0.307 e. The first-order valence-corrected chi connectivity index (χ1v) is 7.63. The molecule has 0 unspecified atom stereocenters. The number of hydrogen-bond donors (Lipinski definition) is 0. The molecular weight excluding hydrogens is 320 g/mol. The van der Waals surface area contributed by atoms with E-state index >= 15 is 0 Å². The van der Waals surface area contributed by atoms with Crippen LogP contribution in [0.15, 0.2) is 24.3 Å². The predicted molar refractivity (Wildman–Crippen MR) is 85.0 cm³/mol. The van der Waals surface area contributed by atoms with Crippen LogP contribution in [-0.4, -0.2) is 43.1 Å². The lowest BCUT2D eigenvalue weighted by atomic mass is 10.3. The minimum Gasteiger partial charge on any atom is -0.484 e. The van der Waals surface area contributed by atoms with E-state index in [0.29, 0.717) is 17.4 Å². The number of benzene rings is 1. The second-order valence-electron chi connectivity index (χ2n) is 4.59. The van der Waals surface area contributed by atoms with Crippen LogP contribution in [0, 0.1) is 11.3 Å². The maximum atomic E-state index is 12.2. The van der Waals surface area contributed by atoms with Crippen molar-refractivity contribution in [2.45, 2.75) is 19.8 Å². The lowest BCUT2D eigenvalue weighted by molar-refractivity contribution is -0.144. The zero-order valence-corrected chi connectivity index (χ0v) is 13.7. The summed E-state index contributed by atoms with van der Waals surface area (Å²) in [5.41, 5.74) is 0. The second kappa shape index (κ2) is 10.5. The van der Waals surface area contributed by atoms with Crippen LogP contribution >= 0.6 is 11.6 Å². The molecule has 7 heteroatoms. The fourth-order valence-corrected chi connectivity index (χ4v) is 1.90. The van der Waals surface area contributed by atoms with Gasteiger partial charge < -0.3 is 14.4 Å². The SMILES string of the molecule is CCOC(=O)CCN(CCC#N)C(=O)COc1ccc(Cl)cc1. The Kier molecular flexibility index (Phi) is 8.55. The van der Waals surface area contributed by atoms with Crippen LogP contribution in [-0.2, 0) is 14.3 Å². The summed E-state index contributed by atoms with van der Waals surface area (Å²) < 4.78 is 10.2. The van der Waals surface area contributed by atoms with Gasteiger partial charge in [-0.05, 0) is 31.2 Å². The molecular formula is C16H19ClN2O4. The van der Waals surface area contributed by atoms with Crippen LogP contribution in [0.2, 0.25) is 5.02 Å². The van der Waals surface area contributed by atoms with E-state index in [-0.39, 0.29) is 44.4 Å². The Morgan fingerprint density at radius 3 is 2.57 bits per heavy atom. The first kappa shape index (κ1) is 18.8. The Hall–Kier alpha value is -2.26. The third-order valence-corrected chi connectivity index (χ3v) is 3.17. The van der Waals surface area contributed by atoms with Crippen molar-refractivity contribution in [1.82, 2.24) is 4.90 Å². The summed E-state index contributed by atoms with van der Waals surface area (Å²) in [7, 11) is 0. The first-order chi connectivity index (χ1) is 11.1. The normalized spacial score (nSPS) is 9.78. The second-order valence-corrected chi connectivity index (χ2v) is 5.02. The van der Waals surface area contributed by atoms with Crippen LogP contribution < -0.4 is 4.74 Å². The summed E-state index contributed by atoms with van der Waals surface area (Å²) in [6.45, 7) is 2.29. The van der Waals surface area contributed by atoms with E-state index in [1.54, 1.807) is 31.2 Å². The molecule has 0 saturated heterocycles. The highest BCUT2D eigenvalue weighted by molar-refractivity contribution is 6.30. The van der Waals surface area contributed by atoms with Crippen molar-refractivity contribution in [3.8, 4) is 11.8 Å². The largest absolute Gasteiger partial charge is 0.484 e. The number of esters is 1. The molecule has 1 aromatic carbocycles. The van der Waals surface area contributed by atoms with Crippen molar-refractivity contribution in [2.75, 3.05) is 26.3 Å². The summed E-state index contributed by atoms with van der Waals surface area (Å²) in [5, 5.41) is 9.25. The number of nitrogens with zero attached hydrogens (tertiary/aromatic N) is 2. The van der Waals surface area contributed by atoms with Gasteiger partial charge in [0, 0.05) is 18.1 Å². The average molecular weight is 339 g/mol. The van der Waals surface area contributed by atoms with Gasteiger partial charge in [-0.25, -0.2) is 0 Å². The third kappa shape index (κ3) is 7.52. The van der Waals surface area contributed by atoms with Crippen molar-refractivity contribution in [3.63, 3.8) is 0 Å². The number of carbonyl (C=O) groups excluding carboxylic acids is 2. The quantitative estimate of drug-likeness (QED) is 0.646. The highest BCUT2D eigenvalue weighted by Gasteiger charge is 2.16. The summed E-state index contributed by atoms with van der Waals surface area (Å²) in [6.07, 6.45) is 0.279. The van der Waals surface area contributed by atoms with E-state index in [1.807, 2.05) is 6.07 Å². The average Bonchev–Trinajstić information content (AvgIpc) is 2.54. The van der Waals surface area contributed by atoms with Gasteiger partial charge in [0.25, 0.3) is 5.91 Å². The fourth-order valence-electron chi connectivity index (χ4n) is 1.77. The van der Waals surface area contributed by atoms with Crippen molar-refractivity contribution in [2.24, 2.45) is 0 Å². The Morgan fingerprint density at radius 1 is 1.26 bits per heavy atom. The fraction of sp³-hybridized carbons (Fsp3) is 0.438. The zero-order chi connectivity index (χ0) is 17.1. The van der Waals surface area contributed by atoms with Crippen LogP contribution in [0.25, 0.3) is 0 Å². The molecule has 0 fully saturated rings. The number of rotatable bonds is 9. The van der Waals surface area contributed by atoms with Crippen molar-refractivity contribution in [3.05, 3.63) is 29.3 Å². The van der Waals surface area contributed by atoms with Crippen LogP contribution in [0.3, 0.4) is 0 Å². The monoisotopic (exact) mass is 338 g/mol. The highest BCUT2D eigenvalue weighted by Crippen LogP contribution is 2.15. The van der Waals surface area contributed by atoms with Crippen LogP contribution in [0.4, 0.5) is 0 Å². The number of carbonyl (C=O) groups is 2. The number of hydrogen-bond acceptors (Lipinski definition) is 5. The molecule has 124 valence electrons. The highest BCUT2D eigenvalue weighted by atomic mass is 35.5. The van der Waals surface area contributed by atoms with E-state index in [2.05, 4.69) is 0 Å². The minimum absolute atomic E-state index is 0.0892. The Morgan fingerprint density at radius 2 is 1.96 bits per heavy atom. The van der Waals surface area contributed by atoms with E-state index in [4.69, 9.17) is 26.3 Å². The molecule has 0 N–H and O–H groups in total. The molecule has 1 amide bonds. The number of ether oxygens (including phenoxy) is 2. The van der Waals surface area contributed by atoms with Crippen molar-refractivity contribution >= 4 is 23.5 Å². The van der Waals surface area contributed by atoms with Gasteiger partial charge in [0.15, 0.2) is 6.61 Å². The minimum atomic E-state index is -0.374. The molecule has 23 heavy (non-hydrogen) atoms. The lowest BCUT2D eigenvalue weighted by Crippen LogP contribution is -2.37. The van der Waals surface area contributed by atoms with Gasteiger partial charge in [-0.2, -0.15) is 5.26 Å². The Bertz CT molecular complexity index is 554. The van der Waals surface area contributed by atoms with Crippen molar-refractivity contribution in [1.29, 1.82) is 5.26 Å². The summed E-state index contributed by atoms with van der Waals surface area (Å²) in [4.78, 5) is 25.0. The first-order valence-electron chi connectivity index (χ1n) is 7.25. The molecule has 1 rings (SSSR count). The standard InChI is InChI=1S/C16H19ClN2O4/c1-2-22-16(21)8-11-19(10-3-9-18)15(20)12-23-14-6-4-13(17)5-7-14/h4-7H,2-3,8,10-12H2,1H3. The topological polar surface area (TPSA) is 79.6 Å². The number of amides is 1. The molecule has 0 radical (unpaired) electrons. The molecule has 6 nitrogen and oxygen atoms in total. The van der Waals surface area contributed by atoms with Gasteiger partial charge in [0.2, 0.25) is 0 Å². The summed E-state index contributed by atoms with van der Waals surface area (Å²) >= 11 is 5.77. The number of nitriles is 1. The molecule has 0 aliphatic heterocycles. The molecule has 0 aromatic heterocycles. The molecule has 0 saturated carbocycles. The molecule has 0 atom stereocenters. The van der Waals surface area contributed by atoms with Gasteiger partial charge in [0.1, 0.15) is 5.75 Å². The molecule has 0 heterocycles. The van der Waals surface area contributed by atoms with Gasteiger partial charge in [-0.1, -0.05) is 11.6 Å². The molecule has 0 aliphatic carbocycles. The van der Waals surface area contributed by atoms with Gasteiger partial charge in [-0.3, -0.25) is 9.59 Å². The van der Waals surface area contributed by atoms with Gasteiger partial charge in [0.05, 0.1) is 25.5 Å². The van der Waals surface area contributed by atoms with Crippen molar-refractivity contribution < 1.29 is 19.1 Å². The van der Waals surface area contributed by atoms with Crippen LogP contribution in [0.1, 0.15) is 19.8 Å². The van der Waals surface area contributed by atoms with E-state index in [0.717, 1.165) is 0 Å². The Labute approximate surface area is 140 Å². The summed E-state index contributed by atoms with van der Waals surface area (Å²) in [6, 6.07) is 8.63. The lowest BCUT2D eigenvalue weighted by Gasteiger charge is -2.21. The molecule has 0 bridgehead atoms. The predicted octanol–water partition coefficient (Wildman–Crippen LogP) is 2.41. The maximum Gasteiger partial charge on any atom is 0.307 e. The molecule has 0 spiro atoms. The third-order valence-electron chi connectivity index (χ3n) is 2.91. The van der Waals surface area contributed by atoms with Gasteiger partial charge in [-0.15, -0.1) is 0 Å². The maximum absolute atomic E-state index is 12.2. The molecule has 0 aliphatic rings. The van der Waals surface area contributed by atoms with E-state index in [1.165, 1.54) is 4.90 Å².